The van der Waals surface area contributed by atoms with Gasteiger partial charge in [-0.1, -0.05) is 6.07 Å². The van der Waals surface area contributed by atoms with E-state index in [2.05, 4.69) is 5.32 Å². The molecule has 1 saturated heterocycles. The number of likely N-dealkylation sites (tertiary alicyclic amines) is 1. The molecule has 1 heterocycles. The predicted octanol–water partition coefficient (Wildman–Crippen LogP) is 1.56. The van der Waals surface area contributed by atoms with Crippen molar-refractivity contribution in [2.75, 3.05) is 33.7 Å². The lowest BCUT2D eigenvalue weighted by Crippen LogP contribution is -2.50. The van der Waals surface area contributed by atoms with Crippen molar-refractivity contribution in [2.45, 2.75) is 37.6 Å². The van der Waals surface area contributed by atoms with Crippen LogP contribution >= 0.6 is 12.4 Å². The van der Waals surface area contributed by atoms with Crippen LogP contribution < -0.4 is 5.32 Å². The van der Waals surface area contributed by atoms with E-state index in [0.717, 1.165) is 28.3 Å². The van der Waals surface area contributed by atoms with Crippen molar-refractivity contribution in [1.29, 1.82) is 0 Å². The quantitative estimate of drug-likeness (QED) is 0.829. The molecule has 1 aliphatic rings. The van der Waals surface area contributed by atoms with Crippen LogP contribution in [0.1, 0.15) is 24.0 Å². The molecular formula is C17H28ClN3O3S. The van der Waals surface area contributed by atoms with Crippen molar-refractivity contribution in [1.82, 2.24) is 14.5 Å². The van der Waals surface area contributed by atoms with Crippen LogP contribution in [0.25, 0.3) is 0 Å². The topological polar surface area (TPSA) is 69.7 Å². The molecule has 1 atom stereocenters. The van der Waals surface area contributed by atoms with E-state index in [4.69, 9.17) is 0 Å². The third kappa shape index (κ3) is 5.17. The Balaban J connectivity index is 0.00000312. The van der Waals surface area contributed by atoms with Crippen molar-refractivity contribution >= 4 is 28.3 Å². The molecule has 142 valence electrons. The Morgan fingerprint density at radius 1 is 1.32 bits per heavy atom. The van der Waals surface area contributed by atoms with Crippen LogP contribution in [0.5, 0.6) is 0 Å². The number of hydrogen-bond donors (Lipinski definition) is 1. The Bertz CT molecular complexity index is 709. The van der Waals surface area contributed by atoms with E-state index < -0.39 is 10.0 Å². The summed E-state index contributed by atoms with van der Waals surface area (Å²) in [7, 11) is -0.317. The first kappa shape index (κ1) is 21.9. The normalized spacial score (nSPS) is 18.1. The lowest BCUT2D eigenvalue weighted by molar-refractivity contribution is -0.132. The predicted molar refractivity (Wildman–Crippen MR) is 102 cm³/mol. The zero-order chi connectivity index (χ0) is 17.9. The number of carbonyl (C=O) groups excluding carboxylic acids is 1. The highest BCUT2D eigenvalue weighted by Gasteiger charge is 2.28. The lowest BCUT2D eigenvalue weighted by Gasteiger charge is -2.33. The third-order valence-corrected chi connectivity index (χ3v) is 6.53. The Hall–Kier alpha value is -1.15. The number of nitrogens with one attached hydrogen (secondary N) is 1. The van der Waals surface area contributed by atoms with E-state index >= 15 is 0 Å². The van der Waals surface area contributed by atoms with Crippen molar-refractivity contribution in [2.24, 2.45) is 0 Å². The largest absolute Gasteiger partial charge is 0.340 e. The summed E-state index contributed by atoms with van der Waals surface area (Å²) in [4.78, 5) is 14.4. The fourth-order valence-electron chi connectivity index (χ4n) is 2.87. The second-order valence-corrected chi connectivity index (χ2v) is 8.52. The fourth-order valence-corrected chi connectivity index (χ4v) is 4.08. The van der Waals surface area contributed by atoms with E-state index in [-0.39, 0.29) is 35.8 Å². The number of halogens is 1. The summed E-state index contributed by atoms with van der Waals surface area (Å²) < 4.78 is 26.5. The summed E-state index contributed by atoms with van der Waals surface area (Å²) in [5.41, 5.74) is 1.96. The molecule has 0 bridgehead atoms. The van der Waals surface area contributed by atoms with Crippen LogP contribution in [0.15, 0.2) is 23.1 Å². The maximum absolute atomic E-state index is 12.7. The molecule has 0 saturated carbocycles. The highest BCUT2D eigenvalue weighted by Crippen LogP contribution is 2.18. The molecule has 1 aromatic rings. The summed E-state index contributed by atoms with van der Waals surface area (Å²) in [5.74, 6) is -0.148. The third-order valence-electron chi connectivity index (χ3n) is 4.73. The van der Waals surface area contributed by atoms with E-state index in [0.29, 0.717) is 13.1 Å². The molecule has 1 N–H and O–H groups in total. The minimum atomic E-state index is -3.66. The molecular weight excluding hydrogens is 362 g/mol. The Labute approximate surface area is 157 Å². The smallest absolute Gasteiger partial charge is 0.243 e. The van der Waals surface area contributed by atoms with Crippen molar-refractivity contribution in [3.05, 3.63) is 29.3 Å². The number of carbonyl (C=O) groups is 1. The molecule has 8 heteroatoms. The number of aryl methyl sites for hydroxylation is 2. The maximum atomic E-state index is 12.7. The summed E-state index contributed by atoms with van der Waals surface area (Å²) in [5, 5.41) is 3.18. The van der Waals surface area contributed by atoms with Gasteiger partial charge in [-0.15, -0.1) is 12.4 Å². The molecule has 1 fully saturated rings. The molecule has 1 aromatic carbocycles. The van der Waals surface area contributed by atoms with Gasteiger partial charge >= 0.3 is 0 Å². The number of likely N-dealkylation sites (N-methyl/N-ethyl adjacent to an activating group) is 2. The Morgan fingerprint density at radius 3 is 2.60 bits per heavy atom. The van der Waals surface area contributed by atoms with E-state index in [1.807, 2.05) is 20.9 Å². The minimum absolute atomic E-state index is 0. The molecule has 1 amide bonds. The van der Waals surface area contributed by atoms with Crippen LogP contribution in [0, 0.1) is 13.8 Å². The highest BCUT2D eigenvalue weighted by atomic mass is 35.5. The van der Waals surface area contributed by atoms with Gasteiger partial charge in [0.25, 0.3) is 0 Å². The lowest BCUT2D eigenvalue weighted by atomic mass is 10.1. The molecule has 1 aliphatic heterocycles. The van der Waals surface area contributed by atoms with Crippen LogP contribution in [-0.2, 0) is 14.8 Å². The summed E-state index contributed by atoms with van der Waals surface area (Å²) >= 11 is 0. The number of piperidine rings is 1. The van der Waals surface area contributed by atoms with Gasteiger partial charge in [-0.2, -0.15) is 4.31 Å². The van der Waals surface area contributed by atoms with Gasteiger partial charge in [-0.25, -0.2) is 8.42 Å². The van der Waals surface area contributed by atoms with Crippen molar-refractivity contribution in [3.63, 3.8) is 0 Å². The second-order valence-electron chi connectivity index (χ2n) is 6.47. The molecule has 6 nitrogen and oxygen atoms in total. The van der Waals surface area contributed by atoms with E-state index in [1.54, 1.807) is 23.1 Å². The average Bonchev–Trinajstić information content (AvgIpc) is 2.57. The summed E-state index contributed by atoms with van der Waals surface area (Å²) in [6.07, 6.45) is 1.97. The molecule has 0 radical (unpaired) electrons. The number of nitrogens with zero attached hydrogens (tertiary/aromatic N) is 2. The SMILES string of the molecule is CNC1CCCN(C(=O)CN(C)S(=O)(=O)c2ccc(C)c(C)c2)C1.Cl. The van der Waals surface area contributed by atoms with Gasteiger partial charge in [-0.05, 0) is 57.0 Å². The Morgan fingerprint density at radius 2 is 2.00 bits per heavy atom. The van der Waals surface area contributed by atoms with Gasteiger partial charge in [-0.3, -0.25) is 4.79 Å². The number of benzene rings is 1. The molecule has 0 spiro atoms. The number of rotatable bonds is 5. The van der Waals surface area contributed by atoms with Gasteiger partial charge in [0.15, 0.2) is 0 Å². The van der Waals surface area contributed by atoms with Gasteiger partial charge in [0.1, 0.15) is 0 Å². The van der Waals surface area contributed by atoms with Crippen LogP contribution in [0.4, 0.5) is 0 Å². The zero-order valence-corrected chi connectivity index (χ0v) is 16.9. The number of hydrogen-bond acceptors (Lipinski definition) is 4. The van der Waals surface area contributed by atoms with Crippen LogP contribution in [0.2, 0.25) is 0 Å². The standard InChI is InChI=1S/C17H27N3O3S.ClH/c1-13-7-8-16(10-14(13)2)24(22,23)19(4)12-17(21)20-9-5-6-15(11-20)18-3;/h7-8,10,15,18H,5-6,9,11-12H2,1-4H3;1H. The molecule has 25 heavy (non-hydrogen) atoms. The number of sulfonamides is 1. The summed E-state index contributed by atoms with van der Waals surface area (Å²) in [6.45, 7) is 5.01. The second kappa shape index (κ2) is 8.98. The van der Waals surface area contributed by atoms with Gasteiger partial charge in [0, 0.05) is 26.2 Å². The monoisotopic (exact) mass is 389 g/mol. The first-order valence-corrected chi connectivity index (χ1v) is 9.68. The average molecular weight is 390 g/mol. The molecule has 0 aliphatic carbocycles. The number of amides is 1. The van der Waals surface area contributed by atoms with Crippen molar-refractivity contribution in [3.8, 4) is 0 Å². The molecule has 0 aromatic heterocycles. The van der Waals surface area contributed by atoms with Crippen LogP contribution in [-0.4, -0.2) is 63.3 Å². The van der Waals surface area contributed by atoms with Gasteiger partial charge in [0.2, 0.25) is 15.9 Å². The summed E-state index contributed by atoms with van der Waals surface area (Å²) in [6, 6.07) is 5.32. The Kier molecular flexibility index (Phi) is 7.87. The molecule has 1 unspecified atom stereocenters. The van der Waals surface area contributed by atoms with Crippen molar-refractivity contribution < 1.29 is 13.2 Å². The minimum Gasteiger partial charge on any atom is -0.340 e. The first-order chi connectivity index (χ1) is 11.3. The maximum Gasteiger partial charge on any atom is 0.243 e. The highest BCUT2D eigenvalue weighted by molar-refractivity contribution is 7.89. The van der Waals surface area contributed by atoms with E-state index in [1.165, 1.54) is 7.05 Å². The van der Waals surface area contributed by atoms with Gasteiger partial charge in [0.05, 0.1) is 11.4 Å². The fraction of sp³-hybridized carbons (Fsp3) is 0.588. The van der Waals surface area contributed by atoms with Gasteiger partial charge < -0.3 is 10.2 Å². The zero-order valence-electron chi connectivity index (χ0n) is 15.3. The first-order valence-electron chi connectivity index (χ1n) is 8.24. The van der Waals surface area contributed by atoms with Crippen LogP contribution in [0.3, 0.4) is 0 Å². The molecule has 2 rings (SSSR count). The van der Waals surface area contributed by atoms with E-state index in [9.17, 15) is 13.2 Å².